The number of benzene rings is 2. The number of carbonyl (C=O) groups is 1. The number of para-hydroxylation sites is 1. The molecule has 0 saturated heterocycles. The molecule has 0 aliphatic carbocycles. The van der Waals surface area contributed by atoms with Crippen molar-refractivity contribution in [2.75, 3.05) is 0 Å². The van der Waals surface area contributed by atoms with Gasteiger partial charge < -0.3 is 4.42 Å². The summed E-state index contributed by atoms with van der Waals surface area (Å²) in [7, 11) is 0. The highest BCUT2D eigenvalue weighted by atomic mass is 35.5. The van der Waals surface area contributed by atoms with Crippen LogP contribution in [0.2, 0.25) is 5.02 Å². The number of halogens is 1. The molecule has 130 valence electrons. The maximum atomic E-state index is 12.4. The summed E-state index contributed by atoms with van der Waals surface area (Å²) in [5.41, 5.74) is 1.90. The maximum absolute atomic E-state index is 12.4. The van der Waals surface area contributed by atoms with E-state index in [2.05, 4.69) is 5.10 Å². The fourth-order valence-electron chi connectivity index (χ4n) is 3.17. The van der Waals surface area contributed by atoms with Crippen LogP contribution >= 0.6 is 11.6 Å². The van der Waals surface area contributed by atoms with Gasteiger partial charge in [0.1, 0.15) is 5.58 Å². The average molecular weight is 367 g/mol. The summed E-state index contributed by atoms with van der Waals surface area (Å²) in [4.78, 5) is 24.5. The van der Waals surface area contributed by atoms with Gasteiger partial charge in [-0.15, -0.1) is 0 Å². The first-order chi connectivity index (χ1) is 12.5. The molecule has 6 heteroatoms. The minimum Gasteiger partial charge on any atom is -0.422 e. The lowest BCUT2D eigenvalue weighted by Gasteiger charge is -2.20. The second-order valence-corrected chi connectivity index (χ2v) is 6.60. The summed E-state index contributed by atoms with van der Waals surface area (Å²) in [6, 6.07) is 16.1. The molecule has 1 atom stereocenters. The minimum absolute atomic E-state index is 0.190. The topological polar surface area (TPSA) is 62.9 Å². The van der Waals surface area contributed by atoms with E-state index in [-0.39, 0.29) is 11.9 Å². The van der Waals surface area contributed by atoms with Gasteiger partial charge in [0.25, 0.3) is 0 Å². The van der Waals surface area contributed by atoms with Crippen molar-refractivity contribution in [3.05, 3.63) is 81.2 Å². The smallest absolute Gasteiger partial charge is 0.345 e. The number of hydrogen-bond donors (Lipinski definition) is 0. The molecule has 2 heterocycles. The first-order valence-electron chi connectivity index (χ1n) is 8.19. The van der Waals surface area contributed by atoms with E-state index in [1.807, 2.05) is 30.3 Å². The fraction of sp³-hybridized carbons (Fsp3) is 0.150. The van der Waals surface area contributed by atoms with Gasteiger partial charge in [-0.3, -0.25) is 4.79 Å². The molecule has 0 saturated carbocycles. The number of carbonyl (C=O) groups excluding carboxylic acids is 1. The summed E-state index contributed by atoms with van der Waals surface area (Å²) in [5.74, 6) is -0.190. The van der Waals surface area contributed by atoms with Crippen LogP contribution < -0.4 is 5.63 Å². The highest BCUT2D eigenvalue weighted by molar-refractivity contribution is 6.30. The van der Waals surface area contributed by atoms with Crippen molar-refractivity contribution in [2.24, 2.45) is 5.10 Å². The Kier molecular flexibility index (Phi) is 4.09. The van der Waals surface area contributed by atoms with E-state index in [4.69, 9.17) is 16.0 Å². The van der Waals surface area contributed by atoms with Crippen molar-refractivity contribution >= 4 is 34.2 Å². The number of hydrogen-bond acceptors (Lipinski definition) is 4. The fourth-order valence-corrected chi connectivity index (χ4v) is 3.30. The van der Waals surface area contributed by atoms with E-state index >= 15 is 0 Å². The minimum atomic E-state index is -0.456. The van der Waals surface area contributed by atoms with Crippen LogP contribution in [-0.2, 0) is 4.79 Å². The van der Waals surface area contributed by atoms with Crippen molar-refractivity contribution in [3.8, 4) is 0 Å². The lowest BCUT2D eigenvalue weighted by molar-refractivity contribution is -0.130. The molecule has 4 rings (SSSR count). The van der Waals surface area contributed by atoms with Crippen molar-refractivity contribution in [3.63, 3.8) is 0 Å². The Balaban J connectivity index is 1.77. The van der Waals surface area contributed by atoms with Crippen LogP contribution in [0, 0.1) is 0 Å². The molecule has 1 aromatic heterocycles. The summed E-state index contributed by atoms with van der Waals surface area (Å²) in [6.07, 6.45) is 0.435. The highest BCUT2D eigenvalue weighted by Gasteiger charge is 2.32. The Morgan fingerprint density at radius 3 is 2.65 bits per heavy atom. The predicted octanol–water partition coefficient (Wildman–Crippen LogP) is 4.14. The third-order valence-electron chi connectivity index (χ3n) is 4.44. The Morgan fingerprint density at radius 1 is 1.19 bits per heavy atom. The lowest BCUT2D eigenvalue weighted by Crippen LogP contribution is -2.24. The predicted molar refractivity (Wildman–Crippen MR) is 100 cm³/mol. The van der Waals surface area contributed by atoms with Gasteiger partial charge >= 0.3 is 5.63 Å². The van der Waals surface area contributed by atoms with Crippen LogP contribution in [-0.4, -0.2) is 16.6 Å². The molecule has 26 heavy (non-hydrogen) atoms. The zero-order valence-corrected chi connectivity index (χ0v) is 14.7. The summed E-state index contributed by atoms with van der Waals surface area (Å²) >= 11 is 5.96. The molecule has 0 fully saturated rings. The van der Waals surface area contributed by atoms with E-state index < -0.39 is 5.63 Å². The zero-order valence-electron chi connectivity index (χ0n) is 14.0. The molecular weight excluding hydrogens is 352 g/mol. The molecule has 2 aromatic carbocycles. The summed E-state index contributed by atoms with van der Waals surface area (Å²) in [6.45, 7) is 1.46. The Morgan fingerprint density at radius 2 is 1.92 bits per heavy atom. The van der Waals surface area contributed by atoms with Gasteiger partial charge in [-0.05, 0) is 29.8 Å². The van der Waals surface area contributed by atoms with E-state index in [9.17, 15) is 9.59 Å². The molecule has 0 bridgehead atoms. The van der Waals surface area contributed by atoms with E-state index in [0.717, 1.165) is 10.9 Å². The van der Waals surface area contributed by atoms with Gasteiger partial charge in [-0.1, -0.05) is 41.9 Å². The monoisotopic (exact) mass is 366 g/mol. The van der Waals surface area contributed by atoms with Crippen LogP contribution in [0.15, 0.2) is 68.9 Å². The van der Waals surface area contributed by atoms with Crippen molar-refractivity contribution in [2.45, 2.75) is 19.4 Å². The van der Waals surface area contributed by atoms with Crippen LogP contribution in [0.4, 0.5) is 0 Å². The maximum Gasteiger partial charge on any atom is 0.345 e. The molecule has 5 nitrogen and oxygen atoms in total. The first kappa shape index (κ1) is 16.5. The number of rotatable bonds is 2. The van der Waals surface area contributed by atoms with Gasteiger partial charge in [0, 0.05) is 23.8 Å². The Bertz CT molecular complexity index is 1090. The van der Waals surface area contributed by atoms with Crippen LogP contribution in [0.3, 0.4) is 0 Å². The number of amides is 1. The molecule has 1 unspecified atom stereocenters. The quantitative estimate of drug-likeness (QED) is 0.640. The van der Waals surface area contributed by atoms with Crippen LogP contribution in [0.25, 0.3) is 11.0 Å². The van der Waals surface area contributed by atoms with Crippen molar-refractivity contribution in [1.29, 1.82) is 0 Å². The molecule has 0 N–H and O–H groups in total. The third kappa shape index (κ3) is 2.91. The normalized spacial score (nSPS) is 16.8. The second-order valence-electron chi connectivity index (χ2n) is 6.17. The van der Waals surface area contributed by atoms with Crippen molar-refractivity contribution < 1.29 is 9.21 Å². The zero-order chi connectivity index (χ0) is 18.3. The second kappa shape index (κ2) is 6.42. The standard InChI is InChI=1S/C20H15ClN2O3/c1-12(24)23-18(13-6-8-15(21)9-7-13)11-17(22-23)16-10-14-4-2-3-5-19(14)26-20(16)25/h2-10,18H,11H2,1H3. The van der Waals surface area contributed by atoms with Gasteiger partial charge in [-0.25, -0.2) is 9.80 Å². The molecule has 1 aliphatic rings. The largest absolute Gasteiger partial charge is 0.422 e. The number of hydrazone groups is 1. The van der Waals surface area contributed by atoms with Gasteiger partial charge in [-0.2, -0.15) is 5.10 Å². The molecule has 1 amide bonds. The molecule has 3 aromatic rings. The number of nitrogens with zero attached hydrogens (tertiary/aromatic N) is 2. The molecule has 1 aliphatic heterocycles. The average Bonchev–Trinajstić information content (AvgIpc) is 3.07. The lowest BCUT2D eigenvalue weighted by atomic mass is 9.98. The Labute approximate surface area is 154 Å². The van der Waals surface area contributed by atoms with Crippen LogP contribution in [0.5, 0.6) is 0 Å². The summed E-state index contributed by atoms with van der Waals surface area (Å²) < 4.78 is 5.40. The molecule has 0 radical (unpaired) electrons. The highest BCUT2D eigenvalue weighted by Crippen LogP contribution is 2.33. The molecule has 0 spiro atoms. The summed E-state index contributed by atoms with van der Waals surface area (Å²) in [5, 5.41) is 7.26. The van der Waals surface area contributed by atoms with E-state index in [1.165, 1.54) is 11.9 Å². The van der Waals surface area contributed by atoms with E-state index in [1.54, 1.807) is 24.3 Å². The van der Waals surface area contributed by atoms with Crippen molar-refractivity contribution in [1.82, 2.24) is 5.01 Å². The van der Waals surface area contributed by atoms with E-state index in [0.29, 0.717) is 28.3 Å². The van der Waals surface area contributed by atoms with Crippen LogP contribution in [0.1, 0.15) is 30.5 Å². The third-order valence-corrected chi connectivity index (χ3v) is 4.69. The SMILES string of the molecule is CC(=O)N1N=C(c2cc3ccccc3oc2=O)CC1c1ccc(Cl)cc1. The number of fused-ring (bicyclic) bond motifs is 1. The Hall–Kier alpha value is -2.92. The van der Waals surface area contributed by atoms with Gasteiger partial charge in [0.05, 0.1) is 17.3 Å². The van der Waals surface area contributed by atoms with Gasteiger partial charge in [0.15, 0.2) is 0 Å². The molecular formula is C20H15ClN2O3. The first-order valence-corrected chi connectivity index (χ1v) is 8.57. The van der Waals surface area contributed by atoms with Gasteiger partial charge in [0.2, 0.25) is 5.91 Å².